The smallest absolute Gasteiger partial charge is 0.242 e. The van der Waals surface area contributed by atoms with Crippen LogP contribution in [0.1, 0.15) is 34.1 Å². The molecule has 0 radical (unpaired) electrons. The lowest BCUT2D eigenvalue weighted by Crippen LogP contribution is -2.42. The Labute approximate surface area is 108 Å². The predicted molar refractivity (Wildman–Crippen MR) is 74.4 cm³/mol. The summed E-state index contributed by atoms with van der Waals surface area (Å²) < 4.78 is 0. The number of amidine groups is 1. The van der Waals surface area contributed by atoms with Crippen LogP contribution in [-0.4, -0.2) is 36.0 Å². The third-order valence-corrected chi connectivity index (χ3v) is 3.66. The Morgan fingerprint density at radius 2 is 2.24 bits per heavy atom. The van der Waals surface area contributed by atoms with Gasteiger partial charge in [0.2, 0.25) is 5.91 Å². The minimum atomic E-state index is -0.223. The van der Waals surface area contributed by atoms with Crippen LogP contribution in [0, 0.1) is 5.41 Å². The standard InChI is InChI=1S/C12H23N3OS/c1-8(10(16)13-5)15-11-14-7-9(17-11)6-12(2,3)4/h8-9H,6-7H2,1-5H3,(H,13,16)(H,14,15). The van der Waals surface area contributed by atoms with Gasteiger partial charge in [-0.1, -0.05) is 32.5 Å². The van der Waals surface area contributed by atoms with E-state index in [2.05, 4.69) is 36.4 Å². The molecule has 0 aromatic rings. The molecule has 0 spiro atoms. The van der Waals surface area contributed by atoms with Crippen molar-refractivity contribution in [3.63, 3.8) is 0 Å². The molecule has 0 aromatic carbocycles. The molecule has 2 N–H and O–H groups in total. The SMILES string of the molecule is CNC(=O)C(C)NC1=NCC(CC(C)(C)C)S1. The van der Waals surface area contributed by atoms with E-state index >= 15 is 0 Å². The molecule has 5 heteroatoms. The van der Waals surface area contributed by atoms with Crippen molar-refractivity contribution < 1.29 is 4.79 Å². The molecule has 1 rings (SSSR count). The van der Waals surface area contributed by atoms with Crippen LogP contribution in [0.4, 0.5) is 0 Å². The average Bonchev–Trinajstić information content (AvgIpc) is 2.61. The van der Waals surface area contributed by atoms with E-state index in [0.29, 0.717) is 10.7 Å². The molecule has 2 atom stereocenters. The van der Waals surface area contributed by atoms with Crippen molar-refractivity contribution in [2.24, 2.45) is 10.4 Å². The van der Waals surface area contributed by atoms with E-state index in [9.17, 15) is 4.79 Å². The molecule has 0 fully saturated rings. The third kappa shape index (κ3) is 4.98. The number of hydrogen-bond acceptors (Lipinski definition) is 4. The number of nitrogens with zero attached hydrogens (tertiary/aromatic N) is 1. The molecule has 0 saturated carbocycles. The van der Waals surface area contributed by atoms with E-state index in [1.54, 1.807) is 18.8 Å². The van der Waals surface area contributed by atoms with Crippen molar-refractivity contribution in [1.82, 2.24) is 10.6 Å². The van der Waals surface area contributed by atoms with Crippen LogP contribution in [-0.2, 0) is 4.79 Å². The van der Waals surface area contributed by atoms with Gasteiger partial charge in [-0.2, -0.15) is 0 Å². The molecule has 0 bridgehead atoms. The van der Waals surface area contributed by atoms with Crippen molar-refractivity contribution in [1.29, 1.82) is 0 Å². The van der Waals surface area contributed by atoms with E-state index in [1.165, 1.54) is 0 Å². The number of rotatable bonds is 3. The monoisotopic (exact) mass is 257 g/mol. The number of likely N-dealkylation sites (N-methyl/N-ethyl adjacent to an activating group) is 1. The largest absolute Gasteiger partial charge is 0.357 e. The molecule has 0 aliphatic carbocycles. The summed E-state index contributed by atoms with van der Waals surface area (Å²) in [6.07, 6.45) is 1.14. The number of carbonyl (C=O) groups excluding carboxylic acids is 1. The number of thioether (sulfide) groups is 1. The minimum absolute atomic E-state index is 0.00688. The molecule has 17 heavy (non-hydrogen) atoms. The molecule has 0 saturated heterocycles. The first-order valence-corrected chi connectivity index (χ1v) is 6.89. The van der Waals surface area contributed by atoms with Gasteiger partial charge in [0.1, 0.15) is 6.04 Å². The van der Waals surface area contributed by atoms with Crippen LogP contribution in [0.15, 0.2) is 4.99 Å². The molecule has 1 heterocycles. The lowest BCUT2D eigenvalue weighted by molar-refractivity contribution is -0.121. The number of nitrogens with one attached hydrogen (secondary N) is 2. The van der Waals surface area contributed by atoms with Crippen LogP contribution in [0.2, 0.25) is 0 Å². The van der Waals surface area contributed by atoms with Crippen molar-refractivity contribution >= 4 is 22.8 Å². The fourth-order valence-corrected chi connectivity index (χ4v) is 3.20. The Morgan fingerprint density at radius 3 is 2.76 bits per heavy atom. The van der Waals surface area contributed by atoms with Gasteiger partial charge >= 0.3 is 0 Å². The predicted octanol–water partition coefficient (Wildman–Crippen LogP) is 1.62. The van der Waals surface area contributed by atoms with Crippen LogP contribution >= 0.6 is 11.8 Å². The maximum atomic E-state index is 11.4. The first-order chi connectivity index (χ1) is 7.81. The number of hydrogen-bond donors (Lipinski definition) is 2. The number of carbonyl (C=O) groups is 1. The molecular formula is C12H23N3OS. The topological polar surface area (TPSA) is 53.5 Å². The Hall–Kier alpha value is -0.710. The lowest BCUT2D eigenvalue weighted by atomic mass is 9.90. The first-order valence-electron chi connectivity index (χ1n) is 6.01. The summed E-state index contributed by atoms with van der Waals surface area (Å²) >= 11 is 1.75. The Kier molecular flexibility index (Phi) is 4.86. The molecule has 1 aliphatic heterocycles. The summed E-state index contributed by atoms with van der Waals surface area (Å²) in [7, 11) is 1.65. The van der Waals surface area contributed by atoms with Crippen molar-refractivity contribution in [2.45, 2.75) is 45.4 Å². The molecule has 0 aromatic heterocycles. The van der Waals surface area contributed by atoms with Gasteiger partial charge in [0.25, 0.3) is 0 Å². The van der Waals surface area contributed by atoms with Crippen LogP contribution in [0.5, 0.6) is 0 Å². The zero-order valence-electron chi connectivity index (χ0n) is 11.3. The molecule has 2 unspecified atom stereocenters. The average molecular weight is 257 g/mol. The van der Waals surface area contributed by atoms with Gasteiger partial charge < -0.3 is 10.6 Å². The van der Waals surface area contributed by atoms with E-state index in [4.69, 9.17) is 0 Å². The van der Waals surface area contributed by atoms with Gasteiger partial charge in [-0.15, -0.1) is 0 Å². The lowest BCUT2D eigenvalue weighted by Gasteiger charge is -2.21. The summed E-state index contributed by atoms with van der Waals surface area (Å²) in [5, 5.41) is 7.20. The fourth-order valence-electron chi connectivity index (χ4n) is 1.75. The van der Waals surface area contributed by atoms with E-state index in [-0.39, 0.29) is 11.9 Å². The van der Waals surface area contributed by atoms with Gasteiger partial charge in [0.15, 0.2) is 5.17 Å². The van der Waals surface area contributed by atoms with Crippen molar-refractivity contribution in [3.8, 4) is 0 Å². The maximum Gasteiger partial charge on any atom is 0.242 e. The second-order valence-corrected chi connectivity index (χ2v) is 6.92. The maximum absolute atomic E-state index is 11.4. The highest BCUT2D eigenvalue weighted by molar-refractivity contribution is 8.14. The highest BCUT2D eigenvalue weighted by Crippen LogP contribution is 2.31. The van der Waals surface area contributed by atoms with Crippen LogP contribution < -0.4 is 10.6 Å². The first kappa shape index (κ1) is 14.4. The van der Waals surface area contributed by atoms with Crippen LogP contribution in [0.3, 0.4) is 0 Å². The second-order valence-electron chi connectivity index (χ2n) is 5.63. The number of aliphatic imine (C=N–C) groups is 1. The Balaban J connectivity index is 2.38. The summed E-state index contributed by atoms with van der Waals surface area (Å²) in [5.41, 5.74) is 0.328. The van der Waals surface area contributed by atoms with Gasteiger partial charge in [-0.3, -0.25) is 9.79 Å². The van der Waals surface area contributed by atoms with Crippen molar-refractivity contribution in [3.05, 3.63) is 0 Å². The summed E-state index contributed by atoms with van der Waals surface area (Å²) in [6, 6.07) is -0.223. The molecule has 98 valence electrons. The third-order valence-electron chi connectivity index (χ3n) is 2.54. The summed E-state index contributed by atoms with van der Waals surface area (Å²) in [4.78, 5) is 15.8. The van der Waals surface area contributed by atoms with E-state index in [0.717, 1.165) is 18.1 Å². The van der Waals surface area contributed by atoms with E-state index < -0.39 is 0 Å². The highest BCUT2D eigenvalue weighted by atomic mass is 32.2. The summed E-state index contributed by atoms with van der Waals surface area (Å²) in [5.74, 6) is -0.00688. The van der Waals surface area contributed by atoms with Crippen molar-refractivity contribution in [2.75, 3.05) is 13.6 Å². The fraction of sp³-hybridized carbons (Fsp3) is 0.833. The number of amides is 1. The normalized spacial score (nSPS) is 21.9. The molecule has 1 amide bonds. The second kappa shape index (κ2) is 5.76. The summed E-state index contributed by atoms with van der Waals surface area (Å²) in [6.45, 7) is 9.42. The van der Waals surface area contributed by atoms with Gasteiger partial charge in [-0.25, -0.2) is 0 Å². The van der Waals surface area contributed by atoms with Gasteiger partial charge in [-0.05, 0) is 18.8 Å². The zero-order valence-corrected chi connectivity index (χ0v) is 12.1. The minimum Gasteiger partial charge on any atom is -0.357 e. The highest BCUT2D eigenvalue weighted by Gasteiger charge is 2.26. The zero-order chi connectivity index (χ0) is 13.1. The van der Waals surface area contributed by atoms with Gasteiger partial charge in [0, 0.05) is 12.3 Å². The molecule has 1 aliphatic rings. The van der Waals surface area contributed by atoms with E-state index in [1.807, 2.05) is 6.92 Å². The molecular weight excluding hydrogens is 234 g/mol. The Bertz CT molecular complexity index is 309. The van der Waals surface area contributed by atoms with Gasteiger partial charge in [0.05, 0.1) is 6.54 Å². The van der Waals surface area contributed by atoms with Crippen LogP contribution in [0.25, 0.3) is 0 Å². The Morgan fingerprint density at radius 1 is 1.59 bits per heavy atom. The quantitative estimate of drug-likeness (QED) is 0.808. The molecule has 4 nitrogen and oxygen atoms in total.